The first-order valence-electron chi connectivity index (χ1n) is 9.75. The van der Waals surface area contributed by atoms with Crippen LogP contribution in [0.4, 0.5) is 0 Å². The van der Waals surface area contributed by atoms with Gasteiger partial charge < -0.3 is 19.1 Å². The Hall–Kier alpha value is -1.77. The number of amides is 1. The van der Waals surface area contributed by atoms with E-state index >= 15 is 0 Å². The van der Waals surface area contributed by atoms with Crippen molar-refractivity contribution in [2.24, 2.45) is 5.92 Å². The second-order valence-corrected chi connectivity index (χ2v) is 8.09. The summed E-state index contributed by atoms with van der Waals surface area (Å²) in [5, 5.41) is 6.07. The van der Waals surface area contributed by atoms with E-state index in [0.717, 1.165) is 63.3 Å². The van der Waals surface area contributed by atoms with Crippen LogP contribution in [0.1, 0.15) is 25.2 Å². The predicted octanol–water partition coefficient (Wildman–Crippen LogP) is 2.30. The number of hydrogen-bond acceptors (Lipinski definition) is 7. The van der Waals surface area contributed by atoms with Crippen LogP contribution in [0.25, 0.3) is 10.7 Å². The van der Waals surface area contributed by atoms with Gasteiger partial charge in [-0.15, -0.1) is 11.3 Å². The number of rotatable bonds is 6. The average Bonchev–Trinajstić information content (AvgIpc) is 3.40. The van der Waals surface area contributed by atoms with Crippen molar-refractivity contribution in [2.45, 2.75) is 25.7 Å². The van der Waals surface area contributed by atoms with Gasteiger partial charge in [0.2, 0.25) is 17.6 Å². The molecule has 146 valence electrons. The highest BCUT2D eigenvalue weighted by Crippen LogP contribution is 2.22. The molecule has 2 aromatic rings. The fourth-order valence-corrected chi connectivity index (χ4v) is 4.41. The third kappa shape index (κ3) is 4.75. The van der Waals surface area contributed by atoms with Gasteiger partial charge in [-0.1, -0.05) is 11.2 Å². The Bertz CT molecular complexity index is 719. The summed E-state index contributed by atoms with van der Waals surface area (Å²) in [6.07, 6.45) is 3.71. The molecule has 2 saturated heterocycles. The highest BCUT2D eigenvalue weighted by Gasteiger charge is 2.29. The van der Waals surface area contributed by atoms with Crippen molar-refractivity contribution in [1.82, 2.24) is 19.9 Å². The molecule has 0 radical (unpaired) electrons. The summed E-state index contributed by atoms with van der Waals surface area (Å²) >= 11 is 1.62. The Balaban J connectivity index is 1.17. The molecular formula is C19H26N4O3S. The van der Waals surface area contributed by atoms with Gasteiger partial charge >= 0.3 is 0 Å². The van der Waals surface area contributed by atoms with Crippen LogP contribution >= 0.6 is 11.3 Å². The topological polar surface area (TPSA) is 71.7 Å². The number of hydrogen-bond donors (Lipinski definition) is 0. The van der Waals surface area contributed by atoms with E-state index in [1.54, 1.807) is 11.3 Å². The van der Waals surface area contributed by atoms with Crippen LogP contribution in [-0.2, 0) is 16.0 Å². The van der Waals surface area contributed by atoms with E-state index in [0.29, 0.717) is 30.8 Å². The second kappa shape index (κ2) is 8.95. The van der Waals surface area contributed by atoms with E-state index < -0.39 is 0 Å². The van der Waals surface area contributed by atoms with Crippen LogP contribution in [0.5, 0.6) is 0 Å². The molecule has 0 aromatic carbocycles. The Morgan fingerprint density at radius 1 is 1.22 bits per heavy atom. The van der Waals surface area contributed by atoms with Gasteiger partial charge in [0.05, 0.1) is 18.1 Å². The lowest BCUT2D eigenvalue weighted by atomic mass is 9.95. The number of carbonyl (C=O) groups excluding carboxylic acids is 1. The second-order valence-electron chi connectivity index (χ2n) is 7.15. The van der Waals surface area contributed by atoms with Crippen molar-refractivity contribution in [3.05, 3.63) is 23.4 Å². The van der Waals surface area contributed by atoms with Crippen LogP contribution in [0.3, 0.4) is 0 Å². The molecule has 4 rings (SSSR count). The Labute approximate surface area is 163 Å². The SMILES string of the molecule is O=C(C1CCN(CCCc2nc(-c3cccs3)no2)CC1)N1CCOCC1. The normalized spacial score (nSPS) is 19.5. The van der Waals surface area contributed by atoms with Crippen LogP contribution in [0, 0.1) is 5.92 Å². The molecule has 4 heterocycles. The molecule has 0 aliphatic carbocycles. The number of likely N-dealkylation sites (tertiary alicyclic amines) is 1. The monoisotopic (exact) mass is 390 g/mol. The van der Waals surface area contributed by atoms with Crippen molar-refractivity contribution in [2.75, 3.05) is 45.9 Å². The highest BCUT2D eigenvalue weighted by atomic mass is 32.1. The summed E-state index contributed by atoms with van der Waals surface area (Å²) < 4.78 is 10.7. The minimum absolute atomic E-state index is 0.184. The lowest BCUT2D eigenvalue weighted by molar-refractivity contribution is -0.141. The Morgan fingerprint density at radius 3 is 2.78 bits per heavy atom. The summed E-state index contributed by atoms with van der Waals surface area (Å²) in [7, 11) is 0. The Kier molecular flexibility index (Phi) is 6.16. The van der Waals surface area contributed by atoms with Crippen LogP contribution in [0.2, 0.25) is 0 Å². The maximum absolute atomic E-state index is 12.6. The van der Waals surface area contributed by atoms with E-state index in [9.17, 15) is 4.79 Å². The van der Waals surface area contributed by atoms with Gasteiger partial charge in [0.25, 0.3) is 0 Å². The van der Waals surface area contributed by atoms with Crippen molar-refractivity contribution < 1.29 is 14.1 Å². The zero-order chi connectivity index (χ0) is 18.5. The molecule has 0 N–H and O–H groups in total. The van der Waals surface area contributed by atoms with E-state index in [-0.39, 0.29) is 5.92 Å². The average molecular weight is 391 g/mol. The van der Waals surface area contributed by atoms with Gasteiger partial charge in [-0.25, -0.2) is 0 Å². The van der Waals surface area contributed by atoms with Crippen LogP contribution in [-0.4, -0.2) is 71.8 Å². The lowest BCUT2D eigenvalue weighted by Gasteiger charge is -2.35. The van der Waals surface area contributed by atoms with Gasteiger partial charge in [0.1, 0.15) is 0 Å². The predicted molar refractivity (Wildman–Crippen MR) is 102 cm³/mol. The number of carbonyl (C=O) groups is 1. The minimum atomic E-state index is 0.184. The highest BCUT2D eigenvalue weighted by molar-refractivity contribution is 7.13. The first kappa shape index (κ1) is 18.6. The maximum Gasteiger partial charge on any atom is 0.227 e. The van der Waals surface area contributed by atoms with Gasteiger partial charge in [-0.2, -0.15) is 4.98 Å². The third-order valence-corrected chi connectivity index (χ3v) is 6.20. The van der Waals surface area contributed by atoms with E-state index in [2.05, 4.69) is 15.0 Å². The number of aromatic nitrogens is 2. The summed E-state index contributed by atoms with van der Waals surface area (Å²) in [6.45, 7) is 5.83. The quantitative estimate of drug-likeness (QED) is 0.754. The summed E-state index contributed by atoms with van der Waals surface area (Å²) in [5.74, 6) is 1.90. The summed E-state index contributed by atoms with van der Waals surface area (Å²) in [4.78, 5) is 22.5. The molecule has 0 spiro atoms. The van der Waals surface area contributed by atoms with E-state index in [4.69, 9.17) is 9.26 Å². The first-order valence-corrected chi connectivity index (χ1v) is 10.6. The molecule has 8 heteroatoms. The number of thiophene rings is 1. The van der Waals surface area contributed by atoms with Crippen molar-refractivity contribution in [3.8, 4) is 10.7 Å². The van der Waals surface area contributed by atoms with E-state index in [1.807, 2.05) is 22.4 Å². The molecule has 1 amide bonds. The zero-order valence-corrected chi connectivity index (χ0v) is 16.3. The fourth-order valence-electron chi connectivity index (χ4n) is 3.76. The van der Waals surface area contributed by atoms with Gasteiger partial charge in [0.15, 0.2) is 0 Å². The molecule has 2 aromatic heterocycles. The third-order valence-electron chi connectivity index (χ3n) is 5.33. The fraction of sp³-hybridized carbons (Fsp3) is 0.632. The lowest BCUT2D eigenvalue weighted by Crippen LogP contribution is -2.46. The molecule has 0 saturated carbocycles. The number of nitrogens with zero attached hydrogens (tertiary/aromatic N) is 4. The van der Waals surface area contributed by atoms with Crippen LogP contribution in [0.15, 0.2) is 22.0 Å². The molecule has 2 fully saturated rings. The molecule has 27 heavy (non-hydrogen) atoms. The molecule has 0 atom stereocenters. The van der Waals surface area contributed by atoms with Crippen molar-refractivity contribution in [1.29, 1.82) is 0 Å². The van der Waals surface area contributed by atoms with E-state index in [1.165, 1.54) is 0 Å². The molecule has 2 aliphatic heterocycles. The summed E-state index contributed by atoms with van der Waals surface area (Å²) in [6, 6.07) is 3.99. The number of ether oxygens (including phenoxy) is 1. The molecule has 0 unspecified atom stereocenters. The first-order chi connectivity index (χ1) is 13.3. The van der Waals surface area contributed by atoms with Gasteiger partial charge in [-0.3, -0.25) is 4.79 Å². The largest absolute Gasteiger partial charge is 0.378 e. The molecule has 7 nitrogen and oxygen atoms in total. The molecule has 0 bridgehead atoms. The molecular weight excluding hydrogens is 364 g/mol. The number of piperidine rings is 1. The minimum Gasteiger partial charge on any atom is -0.378 e. The summed E-state index contributed by atoms with van der Waals surface area (Å²) in [5.41, 5.74) is 0. The molecule has 2 aliphatic rings. The number of aryl methyl sites for hydroxylation is 1. The Morgan fingerprint density at radius 2 is 2.04 bits per heavy atom. The number of morpholine rings is 1. The zero-order valence-electron chi connectivity index (χ0n) is 15.5. The van der Waals surface area contributed by atoms with Crippen molar-refractivity contribution in [3.63, 3.8) is 0 Å². The van der Waals surface area contributed by atoms with Crippen molar-refractivity contribution >= 4 is 17.2 Å². The smallest absolute Gasteiger partial charge is 0.227 e. The standard InChI is InChI=1S/C19H26N4O3S/c24-19(23-10-12-25-13-11-23)15-5-8-22(9-6-15)7-1-4-17-20-18(21-26-17)16-3-2-14-27-16/h2-3,14-15H,1,4-13H2. The van der Waals surface area contributed by atoms with Crippen LogP contribution < -0.4 is 0 Å². The van der Waals surface area contributed by atoms with Gasteiger partial charge in [0, 0.05) is 25.4 Å². The van der Waals surface area contributed by atoms with Gasteiger partial charge in [-0.05, 0) is 50.3 Å². The maximum atomic E-state index is 12.6.